The van der Waals surface area contributed by atoms with E-state index in [-0.39, 0.29) is 30.5 Å². The summed E-state index contributed by atoms with van der Waals surface area (Å²) in [7, 11) is -2.02. The molecule has 0 aliphatic carbocycles. The van der Waals surface area contributed by atoms with Gasteiger partial charge in [0.25, 0.3) is 0 Å². The molecule has 5 nitrogen and oxygen atoms in total. The largest absolute Gasteiger partial charge is 0.413 e. The Morgan fingerprint density at radius 2 is 1.28 bits per heavy atom. The van der Waals surface area contributed by atoms with E-state index in [1.807, 2.05) is 36.4 Å². The van der Waals surface area contributed by atoms with E-state index in [1.165, 1.54) is 0 Å². The van der Waals surface area contributed by atoms with E-state index >= 15 is 0 Å². The normalized spacial score (nSPS) is 26.3. The van der Waals surface area contributed by atoms with Gasteiger partial charge in [0.15, 0.2) is 8.32 Å². The van der Waals surface area contributed by atoms with E-state index in [1.54, 1.807) is 0 Å². The second kappa shape index (κ2) is 12.3. The van der Waals surface area contributed by atoms with Gasteiger partial charge in [0.1, 0.15) is 30.5 Å². The van der Waals surface area contributed by atoms with Crippen molar-refractivity contribution in [1.82, 2.24) is 0 Å². The van der Waals surface area contributed by atoms with Crippen molar-refractivity contribution in [2.45, 2.75) is 102 Å². The smallest absolute Gasteiger partial charge is 0.200 e. The molecule has 2 aliphatic rings. The Morgan fingerprint density at radius 3 is 1.81 bits per heavy atom. The van der Waals surface area contributed by atoms with Crippen molar-refractivity contribution >= 4 is 8.32 Å². The zero-order chi connectivity index (χ0) is 25.7. The van der Waals surface area contributed by atoms with Crippen molar-refractivity contribution in [3.63, 3.8) is 0 Å². The Labute approximate surface area is 218 Å². The van der Waals surface area contributed by atoms with Crippen molar-refractivity contribution in [3.8, 4) is 0 Å². The van der Waals surface area contributed by atoms with Crippen LogP contribution in [0.4, 0.5) is 0 Å². The molecule has 0 amide bonds. The van der Waals surface area contributed by atoms with Crippen molar-refractivity contribution in [3.05, 3.63) is 71.8 Å². The highest BCUT2D eigenvalue weighted by atomic mass is 28.4. The van der Waals surface area contributed by atoms with Gasteiger partial charge in [-0.05, 0) is 27.8 Å². The number of hydrogen-bond acceptors (Lipinski definition) is 5. The quantitative estimate of drug-likeness (QED) is 0.303. The van der Waals surface area contributed by atoms with Crippen molar-refractivity contribution < 1.29 is 23.4 Å². The molecule has 2 aromatic carbocycles. The van der Waals surface area contributed by atoms with E-state index < -0.39 is 8.32 Å². The molecule has 0 aromatic heterocycles. The van der Waals surface area contributed by atoms with Gasteiger partial charge in [0.2, 0.25) is 0 Å². The highest BCUT2D eigenvalue weighted by Gasteiger charge is 2.55. The van der Waals surface area contributed by atoms with Crippen molar-refractivity contribution in [1.29, 1.82) is 0 Å². The second-order valence-corrected chi connectivity index (χ2v) is 16.6. The fourth-order valence-electron chi connectivity index (χ4n) is 6.29. The fourth-order valence-corrected chi connectivity index (χ4v) is 11.7. The third-order valence-electron chi connectivity index (χ3n) is 7.96. The molecule has 2 saturated heterocycles. The molecular formula is C30H44O5Si. The predicted octanol–water partition coefficient (Wildman–Crippen LogP) is 6.52. The molecule has 0 spiro atoms. The summed E-state index contributed by atoms with van der Waals surface area (Å²) < 4.78 is 32.8. The van der Waals surface area contributed by atoms with E-state index in [0.717, 1.165) is 11.1 Å². The third-order valence-corrected chi connectivity index (χ3v) is 14.0. The summed E-state index contributed by atoms with van der Waals surface area (Å²) in [5.41, 5.74) is 3.84. The highest BCUT2D eigenvalue weighted by molar-refractivity contribution is 6.77. The zero-order valence-corrected chi connectivity index (χ0v) is 23.8. The minimum absolute atomic E-state index is 0.159. The molecule has 198 valence electrons. The van der Waals surface area contributed by atoms with Gasteiger partial charge in [-0.15, -0.1) is 0 Å². The second-order valence-electron chi connectivity index (χ2n) is 11.2. The summed E-state index contributed by atoms with van der Waals surface area (Å²) in [5.74, 6) is 0. The Balaban J connectivity index is 1.48. The van der Waals surface area contributed by atoms with Crippen LogP contribution in [-0.2, 0) is 36.6 Å². The van der Waals surface area contributed by atoms with Crippen LogP contribution >= 0.6 is 0 Å². The number of fused-ring (bicyclic) bond motifs is 2. The lowest BCUT2D eigenvalue weighted by atomic mass is 10.0. The molecule has 6 heteroatoms. The van der Waals surface area contributed by atoms with Crippen LogP contribution in [0.25, 0.3) is 0 Å². The average Bonchev–Trinajstić information content (AvgIpc) is 3.10. The molecule has 4 rings (SSSR count). The van der Waals surface area contributed by atoms with Gasteiger partial charge >= 0.3 is 0 Å². The molecule has 0 saturated carbocycles. The lowest BCUT2D eigenvalue weighted by Gasteiger charge is -2.43. The summed E-state index contributed by atoms with van der Waals surface area (Å²) in [6.07, 6.45) is -0.883. The third kappa shape index (κ3) is 5.95. The van der Waals surface area contributed by atoms with Gasteiger partial charge in [-0.2, -0.15) is 0 Å². The summed E-state index contributed by atoms with van der Waals surface area (Å²) in [6.45, 7) is 16.0. The van der Waals surface area contributed by atoms with E-state index in [2.05, 4.69) is 65.8 Å². The molecular weight excluding hydrogens is 468 g/mol. The molecule has 0 unspecified atom stereocenters. The maximum atomic E-state index is 6.92. The molecule has 36 heavy (non-hydrogen) atoms. The summed E-state index contributed by atoms with van der Waals surface area (Å²) >= 11 is 0. The summed E-state index contributed by atoms with van der Waals surface area (Å²) in [6, 6.07) is 20.5. The fraction of sp³-hybridized carbons (Fsp3) is 0.600. The minimum atomic E-state index is -2.02. The Kier molecular flexibility index (Phi) is 9.42. The molecule has 2 aromatic rings. The monoisotopic (exact) mass is 512 g/mol. The van der Waals surface area contributed by atoms with Crippen LogP contribution in [0, 0.1) is 0 Å². The van der Waals surface area contributed by atoms with E-state index in [9.17, 15) is 0 Å². The van der Waals surface area contributed by atoms with E-state index in [4.69, 9.17) is 23.4 Å². The number of rotatable bonds is 12. The minimum Gasteiger partial charge on any atom is -0.413 e. The summed E-state index contributed by atoms with van der Waals surface area (Å²) in [5, 5.41) is 0. The average molecular weight is 513 g/mol. The molecule has 0 N–H and O–H groups in total. The number of hydrogen-bond donors (Lipinski definition) is 0. The van der Waals surface area contributed by atoms with Crippen LogP contribution in [0.1, 0.15) is 52.7 Å². The lowest BCUT2D eigenvalue weighted by molar-refractivity contribution is -0.172. The molecule has 2 fully saturated rings. The topological polar surface area (TPSA) is 46.2 Å². The van der Waals surface area contributed by atoms with Crippen LogP contribution in [-0.4, -0.2) is 52.1 Å². The van der Waals surface area contributed by atoms with Crippen LogP contribution < -0.4 is 0 Å². The predicted molar refractivity (Wildman–Crippen MR) is 145 cm³/mol. The van der Waals surface area contributed by atoms with E-state index in [0.29, 0.717) is 43.1 Å². The first-order valence-electron chi connectivity index (χ1n) is 13.5. The lowest BCUT2D eigenvalue weighted by Crippen LogP contribution is -2.52. The van der Waals surface area contributed by atoms with Gasteiger partial charge in [0, 0.05) is 0 Å². The van der Waals surface area contributed by atoms with Crippen molar-refractivity contribution in [2.24, 2.45) is 0 Å². The van der Waals surface area contributed by atoms with Crippen molar-refractivity contribution in [2.75, 3.05) is 13.2 Å². The zero-order valence-electron chi connectivity index (χ0n) is 22.8. The Hall–Kier alpha value is -1.54. The molecule has 2 aliphatic heterocycles. The molecule has 0 radical (unpaired) electrons. The van der Waals surface area contributed by atoms with Crippen LogP contribution in [0.15, 0.2) is 60.7 Å². The highest BCUT2D eigenvalue weighted by Crippen LogP contribution is 2.43. The van der Waals surface area contributed by atoms with Crippen LogP contribution in [0.5, 0.6) is 0 Å². The van der Waals surface area contributed by atoms with Gasteiger partial charge in [-0.3, -0.25) is 0 Å². The van der Waals surface area contributed by atoms with Gasteiger partial charge < -0.3 is 23.4 Å². The van der Waals surface area contributed by atoms with Crippen LogP contribution in [0.3, 0.4) is 0 Å². The van der Waals surface area contributed by atoms with Crippen LogP contribution in [0.2, 0.25) is 16.6 Å². The molecule has 2 heterocycles. The number of ether oxygens (including phenoxy) is 4. The molecule has 2 bridgehead atoms. The van der Waals surface area contributed by atoms with Gasteiger partial charge in [0.05, 0.1) is 26.4 Å². The first kappa shape index (κ1) is 27.5. The summed E-state index contributed by atoms with van der Waals surface area (Å²) in [4.78, 5) is 0. The Morgan fingerprint density at radius 1 is 0.750 bits per heavy atom. The molecule has 5 atom stereocenters. The first-order chi connectivity index (χ1) is 17.3. The van der Waals surface area contributed by atoms with Gasteiger partial charge in [-0.1, -0.05) is 102 Å². The maximum Gasteiger partial charge on any atom is 0.200 e. The standard InChI is InChI=1S/C30H44O5Si/c1-21(2)36(22(3)4,23(5)6)34-20-27-28-30(32-18-25-15-11-8-12-16-25)29(35-27)26(19-33-28)31-17-24-13-9-7-10-14-24/h7-16,21-23,26-30H,17-20H2,1-6H3/t26-,27+,28-,29-,30-/m1/s1. The maximum absolute atomic E-state index is 6.92. The Bertz CT molecular complexity index is 898. The first-order valence-corrected chi connectivity index (χ1v) is 15.7. The van der Waals surface area contributed by atoms with Gasteiger partial charge in [-0.25, -0.2) is 0 Å². The SMILES string of the molecule is CC(C)[Si](OC[C@@H]1O[C@H]2[C@H](OCc3ccccc3)[C@@H]1OC[C@H]2OCc1ccccc1)(C(C)C)C(C)C. The number of benzene rings is 2.